The van der Waals surface area contributed by atoms with E-state index in [9.17, 15) is 0 Å². The summed E-state index contributed by atoms with van der Waals surface area (Å²) in [5, 5.41) is 1.33. The lowest BCUT2D eigenvalue weighted by Gasteiger charge is -2.50. The summed E-state index contributed by atoms with van der Waals surface area (Å²) < 4.78 is 2.50. The predicted molar refractivity (Wildman–Crippen MR) is 189 cm³/mol. The lowest BCUT2D eigenvalue weighted by Crippen LogP contribution is -2.42. The third kappa shape index (κ3) is 3.88. The average molecular weight is 581 g/mol. The fourth-order valence-corrected chi connectivity index (χ4v) is 8.53. The van der Waals surface area contributed by atoms with Gasteiger partial charge in [0.05, 0.1) is 22.3 Å². The number of hydrogen-bond donors (Lipinski definition) is 0. The van der Waals surface area contributed by atoms with Gasteiger partial charge in [0.15, 0.2) is 0 Å². The number of para-hydroxylation sites is 3. The number of rotatable bonds is 4. The highest BCUT2D eigenvalue weighted by molar-refractivity contribution is 5.94. The van der Waals surface area contributed by atoms with Crippen LogP contribution in [0.5, 0.6) is 0 Å². The molecule has 0 saturated carbocycles. The standard InChI is InChI=1S/C43H36N2/c1-3-16-31(17-4-1)43(32-18-5-2-6-19-32)37-24-9-13-28-41(37)45(42-29-14-10-25-38(42)43)34-21-15-20-33(30-34)44-39-26-11-7-22-35(39)36-23-8-12-27-40(36)44/h1,3-5,7-11,13-16,18-26,28-31H,2,6,12,17,27H2. The molecule has 0 radical (unpaired) electrons. The zero-order chi connectivity index (χ0) is 29.8. The molecule has 218 valence electrons. The van der Waals surface area contributed by atoms with Gasteiger partial charge in [0.25, 0.3) is 0 Å². The van der Waals surface area contributed by atoms with Crippen molar-refractivity contribution >= 4 is 34.0 Å². The van der Waals surface area contributed by atoms with Crippen LogP contribution < -0.4 is 4.90 Å². The number of hydrogen-bond acceptors (Lipinski definition) is 1. The van der Waals surface area contributed by atoms with Gasteiger partial charge in [-0.1, -0.05) is 115 Å². The number of anilines is 3. The minimum absolute atomic E-state index is 0.276. The van der Waals surface area contributed by atoms with Gasteiger partial charge in [-0.15, -0.1) is 0 Å². The van der Waals surface area contributed by atoms with Gasteiger partial charge in [-0.2, -0.15) is 0 Å². The van der Waals surface area contributed by atoms with Crippen LogP contribution in [-0.4, -0.2) is 4.57 Å². The fourth-order valence-electron chi connectivity index (χ4n) is 8.53. The summed E-state index contributed by atoms with van der Waals surface area (Å²) in [6, 6.07) is 36.4. The molecule has 0 N–H and O–H groups in total. The van der Waals surface area contributed by atoms with E-state index in [1.165, 1.54) is 61.6 Å². The molecule has 0 amide bonds. The second-order valence-corrected chi connectivity index (χ2v) is 12.6. The quantitative estimate of drug-likeness (QED) is 0.205. The van der Waals surface area contributed by atoms with Crippen LogP contribution in [0.25, 0.3) is 22.7 Å². The second kappa shape index (κ2) is 10.5. The minimum Gasteiger partial charge on any atom is -0.313 e. The van der Waals surface area contributed by atoms with Gasteiger partial charge in [-0.05, 0) is 91.1 Å². The molecule has 45 heavy (non-hydrogen) atoms. The number of aromatic nitrogens is 1. The number of benzene rings is 4. The molecule has 1 unspecified atom stereocenters. The van der Waals surface area contributed by atoms with E-state index < -0.39 is 0 Å². The summed E-state index contributed by atoms with van der Waals surface area (Å²) in [6.45, 7) is 0. The van der Waals surface area contributed by atoms with Crippen molar-refractivity contribution in [3.8, 4) is 5.69 Å². The summed E-state index contributed by atoms with van der Waals surface area (Å²) in [5.74, 6) is 0.318. The SMILES string of the molecule is C1=CCC(C2(C3=CCCC=C3)c3ccccc3N(c3cccc(-n4c5c(c6ccccc64)C=CCC5)c3)c3ccccc32)C=C1. The first-order valence-electron chi connectivity index (χ1n) is 16.4. The molecule has 2 heterocycles. The van der Waals surface area contributed by atoms with Crippen molar-refractivity contribution in [3.05, 3.63) is 174 Å². The van der Waals surface area contributed by atoms with E-state index in [2.05, 4.69) is 161 Å². The normalized spacial score (nSPS) is 19.2. The van der Waals surface area contributed by atoms with E-state index >= 15 is 0 Å². The maximum atomic E-state index is 2.51. The van der Waals surface area contributed by atoms with Crippen LogP contribution in [0.4, 0.5) is 17.1 Å². The predicted octanol–water partition coefficient (Wildman–Crippen LogP) is 11.1. The lowest BCUT2D eigenvalue weighted by atomic mass is 9.57. The van der Waals surface area contributed by atoms with Crippen molar-refractivity contribution < 1.29 is 0 Å². The lowest BCUT2D eigenvalue weighted by molar-refractivity contribution is 0.441. The van der Waals surface area contributed by atoms with Gasteiger partial charge in [0.1, 0.15) is 0 Å². The van der Waals surface area contributed by atoms with Crippen molar-refractivity contribution in [2.75, 3.05) is 4.90 Å². The van der Waals surface area contributed by atoms with Gasteiger partial charge in [0.2, 0.25) is 0 Å². The maximum absolute atomic E-state index is 2.51. The van der Waals surface area contributed by atoms with Gasteiger partial charge >= 0.3 is 0 Å². The Labute approximate surface area is 265 Å². The van der Waals surface area contributed by atoms with Crippen LogP contribution in [0.2, 0.25) is 0 Å². The zero-order valence-corrected chi connectivity index (χ0v) is 25.4. The Morgan fingerprint density at radius 1 is 0.644 bits per heavy atom. The van der Waals surface area contributed by atoms with E-state index in [4.69, 9.17) is 0 Å². The Balaban J connectivity index is 1.28. The smallest absolute Gasteiger partial charge is 0.0554 e. The third-order valence-corrected chi connectivity index (χ3v) is 10.3. The maximum Gasteiger partial charge on any atom is 0.0554 e. The number of allylic oxidation sites excluding steroid dienone is 9. The summed E-state index contributed by atoms with van der Waals surface area (Å²) in [4.78, 5) is 2.51. The summed E-state index contributed by atoms with van der Waals surface area (Å²) in [6.07, 6.45) is 26.5. The first kappa shape index (κ1) is 26.3. The van der Waals surface area contributed by atoms with Crippen LogP contribution in [0, 0.1) is 5.92 Å². The number of fused-ring (bicyclic) bond motifs is 5. The largest absolute Gasteiger partial charge is 0.313 e. The molecule has 2 nitrogen and oxygen atoms in total. The van der Waals surface area contributed by atoms with Crippen LogP contribution in [-0.2, 0) is 11.8 Å². The molecule has 1 aliphatic heterocycles. The number of nitrogens with zero attached hydrogens (tertiary/aromatic N) is 2. The van der Waals surface area contributed by atoms with Crippen LogP contribution in [0.3, 0.4) is 0 Å². The van der Waals surface area contributed by atoms with Crippen molar-refractivity contribution in [3.63, 3.8) is 0 Å². The molecule has 2 heteroatoms. The Hall–Kier alpha value is -5.08. The van der Waals surface area contributed by atoms with Gasteiger partial charge in [-0.25, -0.2) is 0 Å². The van der Waals surface area contributed by atoms with Crippen LogP contribution >= 0.6 is 0 Å². The fraction of sp³-hybridized carbons (Fsp3) is 0.163. The zero-order valence-electron chi connectivity index (χ0n) is 25.4. The van der Waals surface area contributed by atoms with Crippen molar-refractivity contribution in [2.45, 2.75) is 37.5 Å². The van der Waals surface area contributed by atoms with Gasteiger partial charge < -0.3 is 9.47 Å². The highest BCUT2D eigenvalue weighted by Crippen LogP contribution is 2.60. The summed E-state index contributed by atoms with van der Waals surface area (Å²) in [7, 11) is 0. The van der Waals surface area contributed by atoms with Gasteiger partial charge in [0, 0.05) is 28.0 Å². The van der Waals surface area contributed by atoms with E-state index in [1.807, 2.05) is 0 Å². The van der Waals surface area contributed by atoms with E-state index in [0.717, 1.165) is 32.1 Å². The third-order valence-electron chi connectivity index (χ3n) is 10.3. The van der Waals surface area contributed by atoms with Crippen molar-refractivity contribution in [1.82, 2.24) is 4.57 Å². The van der Waals surface area contributed by atoms with E-state index in [0.29, 0.717) is 5.92 Å². The molecule has 4 aromatic carbocycles. The molecule has 5 aromatic rings. The molecule has 3 aliphatic carbocycles. The molecule has 0 fully saturated rings. The molecule has 1 atom stereocenters. The highest BCUT2D eigenvalue weighted by Gasteiger charge is 2.49. The Morgan fingerprint density at radius 3 is 2.18 bits per heavy atom. The topological polar surface area (TPSA) is 8.17 Å². The molecular weight excluding hydrogens is 544 g/mol. The molecule has 0 spiro atoms. The molecule has 9 rings (SSSR count). The molecule has 0 saturated heterocycles. The van der Waals surface area contributed by atoms with Gasteiger partial charge in [-0.3, -0.25) is 0 Å². The van der Waals surface area contributed by atoms with E-state index in [-0.39, 0.29) is 5.41 Å². The molecule has 0 bridgehead atoms. The van der Waals surface area contributed by atoms with Crippen molar-refractivity contribution in [1.29, 1.82) is 0 Å². The molecule has 1 aromatic heterocycles. The van der Waals surface area contributed by atoms with Crippen molar-refractivity contribution in [2.24, 2.45) is 5.92 Å². The first-order chi connectivity index (χ1) is 22.4. The molecular formula is C43H36N2. The average Bonchev–Trinajstić information content (AvgIpc) is 3.46. The molecule has 4 aliphatic rings. The highest BCUT2D eigenvalue weighted by atomic mass is 15.2. The second-order valence-electron chi connectivity index (χ2n) is 12.6. The Morgan fingerprint density at radius 2 is 1.40 bits per heavy atom. The first-order valence-corrected chi connectivity index (χ1v) is 16.4. The van der Waals surface area contributed by atoms with Crippen LogP contribution in [0.1, 0.15) is 48.1 Å². The Kier molecular flexibility index (Phi) is 6.16. The van der Waals surface area contributed by atoms with E-state index in [1.54, 1.807) is 0 Å². The minimum atomic E-state index is -0.276. The Bertz CT molecular complexity index is 2070. The van der Waals surface area contributed by atoms with Crippen LogP contribution in [0.15, 0.2) is 151 Å². The monoisotopic (exact) mass is 580 g/mol. The summed E-state index contributed by atoms with van der Waals surface area (Å²) in [5.41, 5.74) is 12.9. The summed E-state index contributed by atoms with van der Waals surface area (Å²) >= 11 is 0.